The van der Waals surface area contributed by atoms with Crippen LogP contribution in [0.4, 0.5) is 0 Å². The number of carbonyl (C=O) groups excluding carboxylic acids is 2. The Kier molecular flexibility index (Phi) is 8.65. The van der Waals surface area contributed by atoms with Gasteiger partial charge in [-0.25, -0.2) is 0 Å². The second kappa shape index (κ2) is 11.9. The standard InChI is InChI=1S/C32H38N2O4/c1-32(2,3)34-31(38)27-16-10-8-13-22(27)18-25(35)19-24(17-21-11-5-4-6-12-21)30(37)33-29-26-15-9-7-14-23(26)20-28(29)36/h4-16,24-25,28-29,35-36H,17-20H2,1-3H3,(H,33,37)(H,34,38)/t24-,25+,28+,29?/m0/s1. The van der Waals surface area contributed by atoms with Crippen molar-refractivity contribution in [3.05, 3.63) is 107 Å². The van der Waals surface area contributed by atoms with Gasteiger partial charge in [0.05, 0.1) is 18.2 Å². The van der Waals surface area contributed by atoms with Crippen molar-refractivity contribution >= 4 is 11.8 Å². The quantitative estimate of drug-likeness (QED) is 0.345. The largest absolute Gasteiger partial charge is 0.393 e. The third kappa shape index (κ3) is 7.09. The number of rotatable bonds is 9. The van der Waals surface area contributed by atoms with Gasteiger partial charge in [-0.15, -0.1) is 0 Å². The predicted molar refractivity (Wildman–Crippen MR) is 149 cm³/mol. The molecule has 1 aliphatic rings. The van der Waals surface area contributed by atoms with E-state index in [0.717, 1.165) is 22.3 Å². The van der Waals surface area contributed by atoms with E-state index in [1.165, 1.54) is 0 Å². The van der Waals surface area contributed by atoms with Crippen molar-refractivity contribution in [2.24, 2.45) is 5.92 Å². The molecule has 0 saturated carbocycles. The smallest absolute Gasteiger partial charge is 0.251 e. The van der Waals surface area contributed by atoms with Crippen molar-refractivity contribution < 1.29 is 19.8 Å². The minimum Gasteiger partial charge on any atom is -0.393 e. The Morgan fingerprint density at radius 2 is 1.58 bits per heavy atom. The van der Waals surface area contributed by atoms with Gasteiger partial charge >= 0.3 is 0 Å². The third-order valence-electron chi connectivity index (χ3n) is 6.96. The van der Waals surface area contributed by atoms with Gasteiger partial charge in [-0.3, -0.25) is 9.59 Å². The summed E-state index contributed by atoms with van der Waals surface area (Å²) in [5, 5.41) is 27.9. The van der Waals surface area contributed by atoms with E-state index >= 15 is 0 Å². The predicted octanol–water partition coefficient (Wildman–Crippen LogP) is 4.14. The topological polar surface area (TPSA) is 98.7 Å². The van der Waals surface area contributed by atoms with Gasteiger partial charge < -0.3 is 20.8 Å². The molecule has 3 aromatic carbocycles. The molecule has 4 rings (SSSR count). The minimum absolute atomic E-state index is 0.187. The molecule has 200 valence electrons. The van der Waals surface area contributed by atoms with Crippen LogP contribution in [-0.4, -0.2) is 39.8 Å². The van der Waals surface area contributed by atoms with Gasteiger partial charge in [-0.05, 0) is 68.4 Å². The van der Waals surface area contributed by atoms with Crippen LogP contribution in [0.2, 0.25) is 0 Å². The van der Waals surface area contributed by atoms with E-state index in [0.29, 0.717) is 18.4 Å². The number of hydrogen-bond donors (Lipinski definition) is 4. The van der Waals surface area contributed by atoms with Crippen LogP contribution in [-0.2, 0) is 24.1 Å². The van der Waals surface area contributed by atoms with E-state index in [4.69, 9.17) is 0 Å². The van der Waals surface area contributed by atoms with Gasteiger partial charge in [0.15, 0.2) is 0 Å². The first-order chi connectivity index (χ1) is 18.1. The zero-order valence-corrected chi connectivity index (χ0v) is 22.4. The van der Waals surface area contributed by atoms with Crippen molar-refractivity contribution in [3.63, 3.8) is 0 Å². The van der Waals surface area contributed by atoms with Crippen molar-refractivity contribution in [2.45, 2.75) is 70.2 Å². The fourth-order valence-corrected chi connectivity index (χ4v) is 5.19. The summed E-state index contributed by atoms with van der Waals surface area (Å²) in [6.45, 7) is 5.78. The Balaban J connectivity index is 1.50. The van der Waals surface area contributed by atoms with Crippen LogP contribution < -0.4 is 10.6 Å². The van der Waals surface area contributed by atoms with Crippen molar-refractivity contribution in [1.29, 1.82) is 0 Å². The summed E-state index contributed by atoms with van der Waals surface area (Å²) in [6.07, 6.45) is -0.0895. The fraction of sp³-hybridized carbons (Fsp3) is 0.375. The lowest BCUT2D eigenvalue weighted by Crippen LogP contribution is -2.41. The molecule has 0 spiro atoms. The van der Waals surface area contributed by atoms with Crippen LogP contribution in [0.3, 0.4) is 0 Å². The lowest BCUT2D eigenvalue weighted by molar-refractivity contribution is -0.127. The van der Waals surface area contributed by atoms with E-state index in [2.05, 4.69) is 10.6 Å². The summed E-state index contributed by atoms with van der Waals surface area (Å²) >= 11 is 0. The highest BCUT2D eigenvalue weighted by atomic mass is 16.3. The third-order valence-corrected chi connectivity index (χ3v) is 6.96. The van der Waals surface area contributed by atoms with Crippen LogP contribution >= 0.6 is 0 Å². The number of nitrogens with one attached hydrogen (secondary N) is 2. The van der Waals surface area contributed by atoms with E-state index in [-0.39, 0.29) is 30.2 Å². The SMILES string of the molecule is CC(C)(C)NC(=O)c1ccccc1C[C@@H](O)C[C@H](Cc1ccccc1)C(=O)NC1c2ccccc2C[C@H]1O. The Labute approximate surface area is 225 Å². The maximum Gasteiger partial charge on any atom is 0.251 e. The fourth-order valence-electron chi connectivity index (χ4n) is 5.19. The van der Waals surface area contributed by atoms with Crippen LogP contribution in [0.5, 0.6) is 0 Å². The highest BCUT2D eigenvalue weighted by Crippen LogP contribution is 2.32. The van der Waals surface area contributed by atoms with Crippen molar-refractivity contribution in [3.8, 4) is 0 Å². The molecule has 0 fully saturated rings. The molecule has 2 amide bonds. The average molecular weight is 515 g/mol. The van der Waals surface area contributed by atoms with E-state index < -0.39 is 24.2 Å². The van der Waals surface area contributed by atoms with E-state index in [1.54, 1.807) is 6.07 Å². The van der Waals surface area contributed by atoms with Crippen LogP contribution in [0.25, 0.3) is 0 Å². The molecule has 1 unspecified atom stereocenters. The normalized spacial score (nSPS) is 18.3. The molecule has 3 aromatic rings. The number of amides is 2. The second-order valence-corrected chi connectivity index (χ2v) is 11.3. The first kappa shape index (κ1) is 27.6. The summed E-state index contributed by atoms with van der Waals surface area (Å²) in [4.78, 5) is 26.5. The molecule has 1 aliphatic carbocycles. The lowest BCUT2D eigenvalue weighted by Gasteiger charge is -2.25. The van der Waals surface area contributed by atoms with Crippen molar-refractivity contribution in [1.82, 2.24) is 10.6 Å². The maximum absolute atomic E-state index is 13.6. The first-order valence-electron chi connectivity index (χ1n) is 13.3. The summed E-state index contributed by atoms with van der Waals surface area (Å²) in [6, 6.07) is 24.3. The van der Waals surface area contributed by atoms with Gasteiger partial charge in [0.2, 0.25) is 5.91 Å². The maximum atomic E-state index is 13.6. The van der Waals surface area contributed by atoms with Crippen LogP contribution in [0.1, 0.15) is 65.8 Å². The molecule has 0 aromatic heterocycles. The van der Waals surface area contributed by atoms with Gasteiger partial charge in [0, 0.05) is 23.4 Å². The highest BCUT2D eigenvalue weighted by Gasteiger charge is 2.34. The molecule has 4 atom stereocenters. The monoisotopic (exact) mass is 514 g/mol. The molecule has 0 aliphatic heterocycles. The van der Waals surface area contributed by atoms with Gasteiger partial charge in [0.1, 0.15) is 0 Å². The molecule has 6 heteroatoms. The molecule has 4 N–H and O–H groups in total. The number of carbonyl (C=O) groups is 2. The summed E-state index contributed by atoms with van der Waals surface area (Å²) in [5.74, 6) is -0.900. The molecule has 0 bridgehead atoms. The number of aliphatic hydroxyl groups is 2. The lowest BCUT2D eigenvalue weighted by atomic mass is 9.89. The zero-order valence-electron chi connectivity index (χ0n) is 22.4. The minimum atomic E-state index is -0.834. The van der Waals surface area contributed by atoms with E-state index in [9.17, 15) is 19.8 Å². The average Bonchev–Trinajstić information content (AvgIpc) is 3.18. The summed E-state index contributed by atoms with van der Waals surface area (Å²) < 4.78 is 0. The molecule has 38 heavy (non-hydrogen) atoms. The summed E-state index contributed by atoms with van der Waals surface area (Å²) in [7, 11) is 0. The molecule has 6 nitrogen and oxygen atoms in total. The Hall–Kier alpha value is -3.48. The summed E-state index contributed by atoms with van der Waals surface area (Å²) in [5.41, 5.74) is 3.85. The second-order valence-electron chi connectivity index (χ2n) is 11.3. The number of benzene rings is 3. The van der Waals surface area contributed by atoms with Crippen molar-refractivity contribution in [2.75, 3.05) is 0 Å². The van der Waals surface area contributed by atoms with Gasteiger partial charge in [-0.2, -0.15) is 0 Å². The molecule has 0 radical (unpaired) electrons. The first-order valence-corrected chi connectivity index (χ1v) is 13.3. The molecule has 0 heterocycles. The van der Waals surface area contributed by atoms with Crippen LogP contribution in [0.15, 0.2) is 78.9 Å². The number of aliphatic hydroxyl groups excluding tert-OH is 2. The van der Waals surface area contributed by atoms with Crippen LogP contribution in [0, 0.1) is 5.92 Å². The number of hydrogen-bond acceptors (Lipinski definition) is 4. The Bertz CT molecular complexity index is 1250. The highest BCUT2D eigenvalue weighted by molar-refractivity contribution is 5.96. The Morgan fingerprint density at radius 3 is 2.32 bits per heavy atom. The number of fused-ring (bicyclic) bond motifs is 1. The van der Waals surface area contributed by atoms with Gasteiger partial charge in [-0.1, -0.05) is 72.8 Å². The Morgan fingerprint density at radius 1 is 0.921 bits per heavy atom. The zero-order chi connectivity index (χ0) is 27.3. The van der Waals surface area contributed by atoms with E-state index in [1.807, 2.05) is 93.6 Å². The molecule has 0 saturated heterocycles. The molecular formula is C32H38N2O4. The van der Waals surface area contributed by atoms with Gasteiger partial charge in [0.25, 0.3) is 5.91 Å². The molecular weight excluding hydrogens is 476 g/mol.